The van der Waals surface area contributed by atoms with E-state index in [2.05, 4.69) is 25.9 Å². The predicted molar refractivity (Wildman–Crippen MR) is 132 cm³/mol. The Morgan fingerprint density at radius 3 is 1.93 bits per heavy atom. The van der Waals surface area contributed by atoms with E-state index < -0.39 is 35.2 Å². The number of urea groups is 1. The SMILES string of the molecule is CN(C)C(=O)c1ccc(-c2ccc(NC(=O)Nc3cc(C(F)(F)F)cc(C(F)(F)F)c3)c(-c3nn[nH]n3)c2)cc1. The lowest BCUT2D eigenvalue weighted by molar-refractivity contribution is -0.143. The van der Waals surface area contributed by atoms with Crippen LogP contribution >= 0.6 is 0 Å². The number of benzene rings is 3. The van der Waals surface area contributed by atoms with Gasteiger partial charge in [0.05, 0.1) is 16.8 Å². The number of hydrogen-bond donors (Lipinski definition) is 3. The average molecular weight is 563 g/mol. The second-order valence-electron chi connectivity index (χ2n) is 8.65. The van der Waals surface area contributed by atoms with Gasteiger partial charge in [-0.25, -0.2) is 4.79 Å². The van der Waals surface area contributed by atoms with Crippen LogP contribution in [0.1, 0.15) is 21.5 Å². The fraction of sp³-hybridized carbons (Fsp3) is 0.160. The molecule has 1 aromatic heterocycles. The highest BCUT2D eigenvalue weighted by atomic mass is 19.4. The summed E-state index contributed by atoms with van der Waals surface area (Å²) in [4.78, 5) is 26.2. The Bertz CT molecular complexity index is 1500. The third kappa shape index (κ3) is 6.36. The Morgan fingerprint density at radius 1 is 0.800 bits per heavy atom. The van der Waals surface area contributed by atoms with Crippen LogP contribution < -0.4 is 10.6 Å². The molecular formula is C25H19F6N7O2. The lowest BCUT2D eigenvalue weighted by Crippen LogP contribution is -2.21. The highest BCUT2D eigenvalue weighted by Gasteiger charge is 2.37. The first kappa shape index (κ1) is 28.1. The predicted octanol–water partition coefficient (Wildman–Crippen LogP) is 5.92. The van der Waals surface area contributed by atoms with Crippen LogP contribution in [0.5, 0.6) is 0 Å². The van der Waals surface area contributed by atoms with Crippen LogP contribution in [0.3, 0.4) is 0 Å². The number of alkyl halides is 6. The van der Waals surface area contributed by atoms with Crippen LogP contribution in [-0.2, 0) is 12.4 Å². The molecule has 4 aromatic rings. The number of nitrogens with zero attached hydrogens (tertiary/aromatic N) is 4. The molecule has 3 aromatic carbocycles. The monoisotopic (exact) mass is 563 g/mol. The van der Waals surface area contributed by atoms with Crippen LogP contribution in [0, 0.1) is 0 Å². The van der Waals surface area contributed by atoms with Crippen molar-refractivity contribution in [3.05, 3.63) is 77.4 Å². The molecule has 4 rings (SSSR count). The van der Waals surface area contributed by atoms with Gasteiger partial charge in [0, 0.05) is 30.9 Å². The minimum absolute atomic E-state index is 0.0426. The molecule has 15 heteroatoms. The first-order valence-corrected chi connectivity index (χ1v) is 11.3. The highest BCUT2D eigenvalue weighted by molar-refractivity contribution is 6.02. The Kier molecular flexibility index (Phi) is 7.48. The Hall–Kier alpha value is -4.95. The van der Waals surface area contributed by atoms with E-state index in [1.165, 1.54) is 11.0 Å². The maximum absolute atomic E-state index is 13.2. The molecular weight excluding hydrogens is 544 g/mol. The van der Waals surface area contributed by atoms with Gasteiger partial charge in [-0.15, -0.1) is 10.2 Å². The molecule has 208 valence electrons. The van der Waals surface area contributed by atoms with E-state index in [9.17, 15) is 35.9 Å². The van der Waals surface area contributed by atoms with Crippen molar-refractivity contribution >= 4 is 23.3 Å². The van der Waals surface area contributed by atoms with Crippen molar-refractivity contribution in [2.45, 2.75) is 12.4 Å². The number of aromatic amines is 1. The Labute approximate surface area is 222 Å². The average Bonchev–Trinajstić information content (AvgIpc) is 3.42. The van der Waals surface area contributed by atoms with Gasteiger partial charge < -0.3 is 15.5 Å². The molecule has 0 unspecified atom stereocenters. The summed E-state index contributed by atoms with van der Waals surface area (Å²) >= 11 is 0. The molecule has 0 saturated heterocycles. The summed E-state index contributed by atoms with van der Waals surface area (Å²) in [5.74, 6) is -0.136. The van der Waals surface area contributed by atoms with E-state index in [1.807, 2.05) is 5.32 Å². The summed E-state index contributed by atoms with van der Waals surface area (Å²) in [6, 6.07) is 11.0. The zero-order valence-corrected chi connectivity index (χ0v) is 20.6. The van der Waals surface area contributed by atoms with Crippen molar-refractivity contribution in [1.82, 2.24) is 25.5 Å². The smallest absolute Gasteiger partial charge is 0.345 e. The highest BCUT2D eigenvalue weighted by Crippen LogP contribution is 2.38. The van der Waals surface area contributed by atoms with Crippen molar-refractivity contribution in [2.75, 3.05) is 24.7 Å². The van der Waals surface area contributed by atoms with Gasteiger partial charge in [-0.3, -0.25) is 4.79 Å². The number of carbonyl (C=O) groups is 2. The lowest BCUT2D eigenvalue weighted by Gasteiger charge is -2.16. The van der Waals surface area contributed by atoms with Crippen LogP contribution in [0.4, 0.5) is 42.5 Å². The van der Waals surface area contributed by atoms with E-state index in [0.717, 1.165) is 0 Å². The Morgan fingerprint density at radius 2 is 1.40 bits per heavy atom. The van der Waals surface area contributed by atoms with Crippen molar-refractivity contribution in [3.8, 4) is 22.5 Å². The summed E-state index contributed by atoms with van der Waals surface area (Å²) in [7, 11) is 3.25. The topological polar surface area (TPSA) is 116 Å². The number of rotatable bonds is 5. The molecule has 0 fully saturated rings. The molecule has 40 heavy (non-hydrogen) atoms. The molecule has 0 aliphatic carbocycles. The van der Waals surface area contributed by atoms with Crippen LogP contribution in [0.15, 0.2) is 60.7 Å². The third-order valence-electron chi connectivity index (χ3n) is 5.57. The van der Waals surface area contributed by atoms with Crippen LogP contribution in [0.2, 0.25) is 0 Å². The minimum atomic E-state index is -5.08. The molecule has 9 nitrogen and oxygen atoms in total. The molecule has 0 saturated carbocycles. The fourth-order valence-electron chi connectivity index (χ4n) is 3.67. The zero-order chi connectivity index (χ0) is 29.2. The van der Waals surface area contributed by atoms with Crippen LogP contribution in [0.25, 0.3) is 22.5 Å². The summed E-state index contributed by atoms with van der Waals surface area (Å²) in [6.07, 6.45) is -10.2. The number of aromatic nitrogens is 4. The van der Waals surface area contributed by atoms with Gasteiger partial charge in [0.2, 0.25) is 5.82 Å². The van der Waals surface area contributed by atoms with E-state index >= 15 is 0 Å². The number of amides is 3. The quantitative estimate of drug-likeness (QED) is 0.261. The van der Waals surface area contributed by atoms with Crippen molar-refractivity contribution in [3.63, 3.8) is 0 Å². The normalized spacial score (nSPS) is 11.7. The van der Waals surface area contributed by atoms with Gasteiger partial charge in [0.15, 0.2) is 0 Å². The first-order chi connectivity index (χ1) is 18.7. The molecule has 3 amide bonds. The number of carbonyl (C=O) groups excluding carboxylic acids is 2. The molecule has 0 spiro atoms. The number of H-pyrrole nitrogens is 1. The van der Waals surface area contributed by atoms with Gasteiger partial charge in [-0.1, -0.05) is 18.2 Å². The summed E-state index contributed by atoms with van der Waals surface area (Å²) in [5.41, 5.74) is -1.75. The standard InChI is InChI=1S/C25H19F6N7O2/c1-38(2)22(39)14-5-3-13(4-6-14)15-7-8-20(19(9-15)21-34-36-37-35-21)33-23(40)32-18-11-16(24(26,27)28)10-17(12-18)25(29,30)31/h3-12H,1-2H3,(H2,32,33,40)(H,34,35,36,37). The molecule has 1 heterocycles. The van der Waals surface area contributed by atoms with Crippen LogP contribution in [-0.4, -0.2) is 51.6 Å². The zero-order valence-electron chi connectivity index (χ0n) is 20.6. The van der Waals surface area contributed by atoms with Gasteiger partial charge in [0.25, 0.3) is 5.91 Å². The third-order valence-corrected chi connectivity index (χ3v) is 5.57. The number of hydrogen-bond acceptors (Lipinski definition) is 5. The first-order valence-electron chi connectivity index (χ1n) is 11.3. The van der Waals surface area contributed by atoms with E-state index in [-0.39, 0.29) is 29.0 Å². The summed E-state index contributed by atoms with van der Waals surface area (Å²) in [5, 5.41) is 17.9. The molecule has 0 aliphatic rings. The molecule has 0 bridgehead atoms. The number of tetrazole rings is 1. The number of anilines is 2. The summed E-state index contributed by atoms with van der Waals surface area (Å²) < 4.78 is 79.0. The van der Waals surface area contributed by atoms with E-state index in [0.29, 0.717) is 28.8 Å². The van der Waals surface area contributed by atoms with E-state index in [4.69, 9.17) is 0 Å². The van der Waals surface area contributed by atoms with E-state index in [1.54, 1.807) is 50.5 Å². The largest absolute Gasteiger partial charge is 0.416 e. The second-order valence-corrected chi connectivity index (χ2v) is 8.65. The summed E-state index contributed by atoms with van der Waals surface area (Å²) in [6.45, 7) is 0. The maximum Gasteiger partial charge on any atom is 0.416 e. The van der Waals surface area contributed by atoms with Crippen molar-refractivity contribution in [1.29, 1.82) is 0 Å². The van der Waals surface area contributed by atoms with Gasteiger partial charge >= 0.3 is 18.4 Å². The minimum Gasteiger partial charge on any atom is -0.345 e. The fourth-order valence-corrected chi connectivity index (χ4v) is 3.67. The number of halogens is 6. The van der Waals surface area contributed by atoms with Crippen molar-refractivity contribution in [2.24, 2.45) is 0 Å². The van der Waals surface area contributed by atoms with Crippen molar-refractivity contribution < 1.29 is 35.9 Å². The molecule has 0 atom stereocenters. The molecule has 3 N–H and O–H groups in total. The molecule has 0 aliphatic heterocycles. The van der Waals surface area contributed by atoms with Gasteiger partial charge in [0.1, 0.15) is 0 Å². The van der Waals surface area contributed by atoms with Gasteiger partial charge in [-0.2, -0.15) is 31.6 Å². The number of nitrogens with one attached hydrogen (secondary N) is 3. The molecule has 0 radical (unpaired) electrons. The van der Waals surface area contributed by atoms with Gasteiger partial charge in [-0.05, 0) is 58.8 Å². The Balaban J connectivity index is 1.63. The second kappa shape index (κ2) is 10.7. The lowest BCUT2D eigenvalue weighted by atomic mass is 10.00. The maximum atomic E-state index is 13.2.